The second kappa shape index (κ2) is 8.35. The molecule has 3 aromatic rings. The van der Waals surface area contributed by atoms with Gasteiger partial charge >= 0.3 is 0 Å². The lowest BCUT2D eigenvalue weighted by atomic mass is 10.2. The maximum Gasteiger partial charge on any atom is 0.276 e. The Bertz CT molecular complexity index is 1070. The standard InChI is InChI=1S/C20H23FN4O3/c1-13-16-10-23-25(12-18(26)22-8-9-28-3)20(27)19(16)14(2)24(13)11-15-6-4-5-7-17(15)21/h4-7,10H,8-9,11-12H2,1-3H3,(H,22,26). The van der Waals surface area contributed by atoms with Crippen molar-refractivity contribution in [3.63, 3.8) is 0 Å². The van der Waals surface area contributed by atoms with Gasteiger partial charge in [-0.3, -0.25) is 9.59 Å². The summed E-state index contributed by atoms with van der Waals surface area (Å²) in [7, 11) is 1.54. The molecular weight excluding hydrogens is 363 g/mol. The van der Waals surface area contributed by atoms with Crippen LogP contribution >= 0.6 is 0 Å². The lowest BCUT2D eigenvalue weighted by Crippen LogP contribution is -2.35. The van der Waals surface area contributed by atoms with Gasteiger partial charge in [-0.25, -0.2) is 9.07 Å². The molecule has 0 radical (unpaired) electrons. The largest absolute Gasteiger partial charge is 0.383 e. The van der Waals surface area contributed by atoms with Gasteiger partial charge < -0.3 is 14.6 Å². The highest BCUT2D eigenvalue weighted by atomic mass is 19.1. The molecule has 0 atom stereocenters. The van der Waals surface area contributed by atoms with Crippen molar-refractivity contribution in [3.8, 4) is 0 Å². The Morgan fingerprint density at radius 1 is 1.25 bits per heavy atom. The number of amides is 1. The predicted octanol–water partition coefficient (Wildman–Crippen LogP) is 1.76. The minimum atomic E-state index is -0.340. The van der Waals surface area contributed by atoms with Gasteiger partial charge in [0.1, 0.15) is 12.4 Å². The molecule has 2 aromatic heterocycles. The number of rotatable bonds is 7. The lowest BCUT2D eigenvalue weighted by Gasteiger charge is -2.10. The van der Waals surface area contributed by atoms with E-state index < -0.39 is 0 Å². The molecule has 2 heterocycles. The average Bonchev–Trinajstić information content (AvgIpc) is 2.91. The first-order valence-electron chi connectivity index (χ1n) is 8.98. The first kappa shape index (κ1) is 19.8. The number of fused-ring (bicyclic) bond motifs is 1. The number of nitrogens with one attached hydrogen (secondary N) is 1. The quantitative estimate of drug-likeness (QED) is 0.628. The first-order chi connectivity index (χ1) is 13.4. The minimum Gasteiger partial charge on any atom is -0.383 e. The molecule has 148 valence electrons. The number of halogens is 1. The Labute approximate surface area is 161 Å². The third-order valence-electron chi connectivity index (χ3n) is 4.81. The highest BCUT2D eigenvalue weighted by Crippen LogP contribution is 2.23. The maximum atomic E-state index is 14.1. The second-order valence-electron chi connectivity index (χ2n) is 6.59. The average molecular weight is 386 g/mol. The summed E-state index contributed by atoms with van der Waals surface area (Å²) in [5.74, 6) is -0.603. The van der Waals surface area contributed by atoms with E-state index in [0.717, 1.165) is 16.1 Å². The van der Waals surface area contributed by atoms with Gasteiger partial charge in [-0.05, 0) is 19.9 Å². The van der Waals surface area contributed by atoms with Crippen LogP contribution in [-0.4, -0.2) is 40.5 Å². The summed E-state index contributed by atoms with van der Waals surface area (Å²) in [5.41, 5.74) is 1.75. The van der Waals surface area contributed by atoms with E-state index in [-0.39, 0.29) is 23.8 Å². The molecular formula is C20H23FN4O3. The lowest BCUT2D eigenvalue weighted by molar-refractivity contribution is -0.122. The number of benzene rings is 1. The van der Waals surface area contributed by atoms with Crippen molar-refractivity contribution in [1.29, 1.82) is 0 Å². The zero-order valence-corrected chi connectivity index (χ0v) is 16.2. The molecule has 3 rings (SSSR count). The third-order valence-corrected chi connectivity index (χ3v) is 4.81. The molecule has 28 heavy (non-hydrogen) atoms. The van der Waals surface area contributed by atoms with Crippen molar-refractivity contribution in [2.45, 2.75) is 26.9 Å². The number of aromatic nitrogens is 3. The fraction of sp³-hybridized carbons (Fsp3) is 0.350. The SMILES string of the molecule is COCCNC(=O)Cn1ncc2c(C)n(Cc3ccccc3F)c(C)c2c1=O. The fourth-order valence-electron chi connectivity index (χ4n) is 3.28. The summed E-state index contributed by atoms with van der Waals surface area (Å²) in [6.45, 7) is 4.60. The molecule has 0 fully saturated rings. The van der Waals surface area contributed by atoms with E-state index in [4.69, 9.17) is 4.74 Å². The normalized spacial score (nSPS) is 11.1. The van der Waals surface area contributed by atoms with Crippen LogP contribution in [0.2, 0.25) is 0 Å². The summed E-state index contributed by atoms with van der Waals surface area (Å²) in [6.07, 6.45) is 1.58. The fourth-order valence-corrected chi connectivity index (χ4v) is 3.28. The Morgan fingerprint density at radius 2 is 2.00 bits per heavy atom. The van der Waals surface area contributed by atoms with Crippen LogP contribution in [0.4, 0.5) is 4.39 Å². The van der Waals surface area contributed by atoms with Crippen molar-refractivity contribution in [1.82, 2.24) is 19.7 Å². The van der Waals surface area contributed by atoms with E-state index >= 15 is 0 Å². The van der Waals surface area contributed by atoms with Gasteiger partial charge in [0.05, 0.1) is 24.7 Å². The minimum absolute atomic E-state index is 0.171. The van der Waals surface area contributed by atoms with Crippen LogP contribution in [-0.2, 0) is 22.6 Å². The van der Waals surface area contributed by atoms with E-state index in [9.17, 15) is 14.0 Å². The van der Waals surface area contributed by atoms with Gasteiger partial charge in [0.25, 0.3) is 5.56 Å². The number of aryl methyl sites for hydroxylation is 2. The van der Waals surface area contributed by atoms with Crippen molar-refractivity contribution in [3.05, 3.63) is 63.6 Å². The monoisotopic (exact) mass is 386 g/mol. The van der Waals surface area contributed by atoms with E-state index in [0.29, 0.717) is 36.0 Å². The number of carbonyl (C=O) groups is 1. The Morgan fingerprint density at radius 3 is 2.71 bits per heavy atom. The van der Waals surface area contributed by atoms with Gasteiger partial charge in [0, 0.05) is 36.0 Å². The van der Waals surface area contributed by atoms with Crippen LogP contribution in [0.25, 0.3) is 10.8 Å². The third kappa shape index (κ3) is 3.82. The van der Waals surface area contributed by atoms with Crippen LogP contribution in [0.5, 0.6) is 0 Å². The number of nitrogens with zero attached hydrogens (tertiary/aromatic N) is 3. The summed E-state index contributed by atoms with van der Waals surface area (Å²) in [6, 6.07) is 6.56. The van der Waals surface area contributed by atoms with Gasteiger partial charge in [-0.1, -0.05) is 18.2 Å². The molecule has 0 aliphatic rings. The van der Waals surface area contributed by atoms with E-state index in [2.05, 4.69) is 10.4 Å². The van der Waals surface area contributed by atoms with Crippen molar-refractivity contribution >= 4 is 16.7 Å². The second-order valence-corrected chi connectivity index (χ2v) is 6.59. The summed E-state index contributed by atoms with van der Waals surface area (Å²) in [4.78, 5) is 24.9. The zero-order valence-electron chi connectivity index (χ0n) is 16.2. The number of carbonyl (C=O) groups excluding carboxylic acids is 1. The molecule has 0 saturated heterocycles. The van der Waals surface area contributed by atoms with E-state index in [1.54, 1.807) is 31.5 Å². The molecule has 0 aliphatic carbocycles. The molecule has 0 saturated carbocycles. The zero-order chi connectivity index (χ0) is 20.3. The van der Waals surface area contributed by atoms with Gasteiger partial charge in [0.2, 0.25) is 5.91 Å². The molecule has 7 nitrogen and oxygen atoms in total. The summed E-state index contributed by atoms with van der Waals surface area (Å²) in [5, 5.41) is 8.00. The van der Waals surface area contributed by atoms with Gasteiger partial charge in [-0.2, -0.15) is 5.10 Å². The summed E-state index contributed by atoms with van der Waals surface area (Å²) < 4.78 is 22.0. The van der Waals surface area contributed by atoms with Crippen molar-refractivity contribution in [2.75, 3.05) is 20.3 Å². The maximum absolute atomic E-state index is 14.1. The molecule has 1 N–H and O–H groups in total. The van der Waals surface area contributed by atoms with Gasteiger partial charge in [0.15, 0.2) is 0 Å². The molecule has 0 unspecified atom stereocenters. The van der Waals surface area contributed by atoms with Crippen LogP contribution in [0.15, 0.2) is 35.3 Å². The topological polar surface area (TPSA) is 78.2 Å². The number of methoxy groups -OCH3 is 1. The number of ether oxygens (including phenoxy) is 1. The van der Waals surface area contributed by atoms with Crippen LogP contribution < -0.4 is 10.9 Å². The summed E-state index contributed by atoms with van der Waals surface area (Å²) >= 11 is 0. The first-order valence-corrected chi connectivity index (χ1v) is 8.98. The van der Waals surface area contributed by atoms with Gasteiger partial charge in [-0.15, -0.1) is 0 Å². The number of hydrogen-bond donors (Lipinski definition) is 1. The number of hydrogen-bond acceptors (Lipinski definition) is 4. The highest BCUT2D eigenvalue weighted by molar-refractivity contribution is 5.87. The van der Waals surface area contributed by atoms with Crippen LogP contribution in [0.3, 0.4) is 0 Å². The molecule has 0 aliphatic heterocycles. The Hall–Kier alpha value is -3.00. The Kier molecular flexibility index (Phi) is 5.89. The van der Waals surface area contributed by atoms with Crippen LogP contribution in [0, 0.1) is 19.7 Å². The van der Waals surface area contributed by atoms with E-state index in [1.165, 1.54) is 6.07 Å². The highest BCUT2D eigenvalue weighted by Gasteiger charge is 2.18. The molecule has 0 bridgehead atoms. The van der Waals surface area contributed by atoms with Crippen LogP contribution in [0.1, 0.15) is 17.0 Å². The molecule has 1 aromatic carbocycles. The van der Waals surface area contributed by atoms with E-state index in [1.807, 2.05) is 18.4 Å². The molecule has 1 amide bonds. The molecule has 0 spiro atoms. The predicted molar refractivity (Wildman–Crippen MR) is 104 cm³/mol. The van der Waals surface area contributed by atoms with Crippen molar-refractivity contribution in [2.24, 2.45) is 0 Å². The van der Waals surface area contributed by atoms with Crippen molar-refractivity contribution < 1.29 is 13.9 Å². The Balaban J connectivity index is 1.95. The molecule has 8 heteroatoms. The smallest absolute Gasteiger partial charge is 0.276 e.